The lowest BCUT2D eigenvalue weighted by molar-refractivity contribution is 0.0236. The van der Waals surface area contributed by atoms with Crippen LogP contribution in [0.25, 0.3) is 0 Å². The van der Waals surface area contributed by atoms with Gasteiger partial charge in [0.15, 0.2) is 0 Å². The second-order valence-corrected chi connectivity index (χ2v) is 7.95. The summed E-state index contributed by atoms with van der Waals surface area (Å²) in [5.41, 5.74) is -0.194. The van der Waals surface area contributed by atoms with Crippen LogP contribution in [-0.2, 0) is 4.74 Å². The SMILES string of the molecule is COCCC(C)(O)CNCC1CCC(C(C)(C)C)CC1. The Balaban J connectivity index is 2.18. The van der Waals surface area contributed by atoms with Crippen molar-refractivity contribution >= 4 is 0 Å². The van der Waals surface area contributed by atoms with E-state index in [0.717, 1.165) is 18.4 Å². The smallest absolute Gasteiger partial charge is 0.0765 e. The van der Waals surface area contributed by atoms with E-state index in [4.69, 9.17) is 4.74 Å². The molecule has 0 aromatic heterocycles. The van der Waals surface area contributed by atoms with Gasteiger partial charge in [-0.3, -0.25) is 0 Å². The number of hydrogen-bond acceptors (Lipinski definition) is 3. The predicted octanol–water partition coefficient (Wildman–Crippen LogP) is 3.22. The molecule has 0 saturated heterocycles. The zero-order valence-electron chi connectivity index (χ0n) is 14.2. The molecule has 120 valence electrons. The van der Waals surface area contributed by atoms with Crippen LogP contribution in [0, 0.1) is 17.3 Å². The number of methoxy groups -OCH3 is 1. The molecule has 1 rings (SSSR count). The minimum atomic E-state index is -0.654. The molecular weight excluding hydrogens is 250 g/mol. The van der Waals surface area contributed by atoms with Crippen molar-refractivity contribution in [1.29, 1.82) is 0 Å². The van der Waals surface area contributed by atoms with Crippen molar-refractivity contribution in [2.75, 3.05) is 26.8 Å². The van der Waals surface area contributed by atoms with E-state index in [1.54, 1.807) is 7.11 Å². The van der Waals surface area contributed by atoms with Gasteiger partial charge >= 0.3 is 0 Å². The molecular formula is C17H35NO2. The molecule has 1 fully saturated rings. The maximum atomic E-state index is 10.2. The highest BCUT2D eigenvalue weighted by Gasteiger charge is 2.29. The van der Waals surface area contributed by atoms with Gasteiger partial charge in [-0.1, -0.05) is 20.8 Å². The first-order chi connectivity index (χ1) is 9.24. The quantitative estimate of drug-likeness (QED) is 0.754. The summed E-state index contributed by atoms with van der Waals surface area (Å²) in [7, 11) is 1.68. The molecule has 1 saturated carbocycles. The Labute approximate surface area is 125 Å². The van der Waals surface area contributed by atoms with Crippen LogP contribution in [0.3, 0.4) is 0 Å². The van der Waals surface area contributed by atoms with Crippen molar-refractivity contribution in [3.05, 3.63) is 0 Å². The molecule has 2 N–H and O–H groups in total. The van der Waals surface area contributed by atoms with E-state index in [1.807, 2.05) is 6.92 Å². The Bertz CT molecular complexity index is 263. The summed E-state index contributed by atoms with van der Waals surface area (Å²) in [5.74, 6) is 1.66. The third kappa shape index (κ3) is 6.55. The van der Waals surface area contributed by atoms with Gasteiger partial charge in [0, 0.05) is 26.7 Å². The third-order valence-electron chi connectivity index (χ3n) is 4.86. The van der Waals surface area contributed by atoms with Gasteiger partial charge in [0.1, 0.15) is 0 Å². The molecule has 0 amide bonds. The number of aliphatic hydroxyl groups is 1. The standard InChI is InChI=1S/C17H35NO2/c1-16(2,3)15-8-6-14(7-9-15)12-18-13-17(4,19)10-11-20-5/h14-15,18-19H,6-13H2,1-5H3. The normalized spacial score (nSPS) is 27.3. The van der Waals surface area contributed by atoms with Crippen LogP contribution < -0.4 is 5.32 Å². The summed E-state index contributed by atoms with van der Waals surface area (Å²) in [6.07, 6.45) is 6.06. The van der Waals surface area contributed by atoms with Crippen molar-refractivity contribution in [2.24, 2.45) is 17.3 Å². The molecule has 3 heteroatoms. The number of nitrogens with one attached hydrogen (secondary N) is 1. The Morgan fingerprint density at radius 2 is 1.70 bits per heavy atom. The maximum Gasteiger partial charge on any atom is 0.0765 e. The zero-order valence-corrected chi connectivity index (χ0v) is 14.2. The van der Waals surface area contributed by atoms with Crippen LogP contribution in [0.15, 0.2) is 0 Å². The van der Waals surface area contributed by atoms with E-state index in [-0.39, 0.29) is 0 Å². The molecule has 0 spiro atoms. The number of ether oxygens (including phenoxy) is 1. The predicted molar refractivity (Wildman–Crippen MR) is 84.9 cm³/mol. The molecule has 1 aliphatic carbocycles. The Morgan fingerprint density at radius 3 is 2.20 bits per heavy atom. The van der Waals surface area contributed by atoms with Crippen molar-refractivity contribution in [3.8, 4) is 0 Å². The first kappa shape index (κ1) is 17.9. The average Bonchev–Trinajstić information content (AvgIpc) is 2.36. The van der Waals surface area contributed by atoms with Crippen molar-refractivity contribution in [3.63, 3.8) is 0 Å². The van der Waals surface area contributed by atoms with E-state index in [2.05, 4.69) is 26.1 Å². The summed E-state index contributed by atoms with van der Waals surface area (Å²) in [6.45, 7) is 11.3. The fraction of sp³-hybridized carbons (Fsp3) is 1.00. The molecule has 3 nitrogen and oxygen atoms in total. The topological polar surface area (TPSA) is 41.5 Å². The Hall–Kier alpha value is -0.120. The Kier molecular flexibility index (Phi) is 6.96. The third-order valence-corrected chi connectivity index (χ3v) is 4.86. The summed E-state index contributed by atoms with van der Waals surface area (Å²) >= 11 is 0. The molecule has 1 aliphatic rings. The number of rotatable bonds is 7. The number of hydrogen-bond donors (Lipinski definition) is 2. The van der Waals surface area contributed by atoms with Gasteiger partial charge in [-0.15, -0.1) is 0 Å². The fourth-order valence-corrected chi connectivity index (χ4v) is 3.19. The lowest BCUT2D eigenvalue weighted by atomic mass is 9.70. The molecule has 20 heavy (non-hydrogen) atoms. The maximum absolute atomic E-state index is 10.2. The second-order valence-electron chi connectivity index (χ2n) is 7.95. The summed E-state index contributed by atoms with van der Waals surface area (Å²) in [6, 6.07) is 0. The van der Waals surface area contributed by atoms with Gasteiger partial charge in [-0.2, -0.15) is 0 Å². The van der Waals surface area contributed by atoms with Crippen molar-refractivity contribution in [1.82, 2.24) is 5.32 Å². The monoisotopic (exact) mass is 285 g/mol. The Morgan fingerprint density at radius 1 is 1.10 bits per heavy atom. The fourth-order valence-electron chi connectivity index (χ4n) is 3.19. The van der Waals surface area contributed by atoms with Crippen LogP contribution >= 0.6 is 0 Å². The van der Waals surface area contributed by atoms with E-state index in [9.17, 15) is 5.11 Å². The first-order valence-corrected chi connectivity index (χ1v) is 8.16. The molecule has 0 radical (unpaired) electrons. The first-order valence-electron chi connectivity index (χ1n) is 8.16. The van der Waals surface area contributed by atoms with Gasteiger partial charge in [-0.05, 0) is 56.4 Å². The van der Waals surface area contributed by atoms with E-state index in [0.29, 0.717) is 25.0 Å². The lowest BCUT2D eigenvalue weighted by Gasteiger charge is -2.37. The van der Waals surface area contributed by atoms with Gasteiger partial charge in [0.05, 0.1) is 5.60 Å². The van der Waals surface area contributed by atoms with Crippen molar-refractivity contribution < 1.29 is 9.84 Å². The summed E-state index contributed by atoms with van der Waals surface area (Å²) < 4.78 is 5.03. The highest BCUT2D eigenvalue weighted by molar-refractivity contribution is 4.82. The lowest BCUT2D eigenvalue weighted by Crippen LogP contribution is -2.41. The minimum absolute atomic E-state index is 0.461. The highest BCUT2D eigenvalue weighted by Crippen LogP contribution is 2.39. The van der Waals surface area contributed by atoms with Gasteiger partial charge in [-0.25, -0.2) is 0 Å². The molecule has 0 bridgehead atoms. The van der Waals surface area contributed by atoms with E-state index >= 15 is 0 Å². The molecule has 0 aliphatic heterocycles. The van der Waals surface area contributed by atoms with Crippen molar-refractivity contribution in [2.45, 2.75) is 65.4 Å². The van der Waals surface area contributed by atoms with Crippen LogP contribution in [0.1, 0.15) is 59.8 Å². The summed E-state index contributed by atoms with van der Waals surface area (Å²) in [5, 5.41) is 13.6. The molecule has 0 aromatic carbocycles. The van der Waals surface area contributed by atoms with E-state index in [1.165, 1.54) is 25.7 Å². The molecule has 0 heterocycles. The largest absolute Gasteiger partial charge is 0.389 e. The molecule has 0 aromatic rings. The highest BCUT2D eigenvalue weighted by atomic mass is 16.5. The van der Waals surface area contributed by atoms with Crippen LogP contribution in [-0.4, -0.2) is 37.5 Å². The van der Waals surface area contributed by atoms with Gasteiger partial charge in [0.2, 0.25) is 0 Å². The van der Waals surface area contributed by atoms with E-state index < -0.39 is 5.60 Å². The molecule has 1 unspecified atom stereocenters. The van der Waals surface area contributed by atoms with Gasteiger partial charge in [0.25, 0.3) is 0 Å². The molecule has 1 atom stereocenters. The van der Waals surface area contributed by atoms with Gasteiger partial charge < -0.3 is 15.2 Å². The zero-order chi connectivity index (χ0) is 15.2. The minimum Gasteiger partial charge on any atom is -0.389 e. The van der Waals surface area contributed by atoms with Crippen LogP contribution in [0.4, 0.5) is 0 Å². The van der Waals surface area contributed by atoms with Crippen LogP contribution in [0.5, 0.6) is 0 Å². The summed E-state index contributed by atoms with van der Waals surface area (Å²) in [4.78, 5) is 0. The van der Waals surface area contributed by atoms with Crippen LogP contribution in [0.2, 0.25) is 0 Å². The average molecular weight is 285 g/mol. The second kappa shape index (κ2) is 7.77.